The molecule has 1 aromatic carbocycles. The van der Waals surface area contributed by atoms with E-state index in [9.17, 15) is 14.7 Å². The predicted octanol–water partition coefficient (Wildman–Crippen LogP) is 0.865. The van der Waals surface area contributed by atoms with Crippen LogP contribution in [0.2, 0.25) is 0 Å². The first-order valence-electron chi connectivity index (χ1n) is 5.43. The summed E-state index contributed by atoms with van der Waals surface area (Å²) in [5.41, 5.74) is 0.580. The van der Waals surface area contributed by atoms with Crippen LogP contribution >= 0.6 is 0 Å². The van der Waals surface area contributed by atoms with Crippen LogP contribution in [0.5, 0.6) is 11.5 Å². The van der Waals surface area contributed by atoms with E-state index in [2.05, 4.69) is 4.74 Å². The summed E-state index contributed by atoms with van der Waals surface area (Å²) in [5.74, 6) is -1.67. The topological polar surface area (TPSA) is 93.1 Å². The molecule has 6 nitrogen and oxygen atoms in total. The number of ether oxygens (including phenoxy) is 2. The van der Waals surface area contributed by atoms with Gasteiger partial charge in [0.1, 0.15) is 6.10 Å². The minimum atomic E-state index is -1.36. The first-order chi connectivity index (χ1) is 8.93. The van der Waals surface area contributed by atoms with Gasteiger partial charge in [0, 0.05) is 6.08 Å². The van der Waals surface area contributed by atoms with Gasteiger partial charge in [-0.05, 0) is 30.7 Å². The molecule has 0 amide bonds. The van der Waals surface area contributed by atoms with Gasteiger partial charge >= 0.3 is 11.9 Å². The van der Waals surface area contributed by atoms with Crippen molar-refractivity contribution in [2.75, 3.05) is 7.11 Å². The normalized spacial score (nSPS) is 12.2. The van der Waals surface area contributed by atoms with Crippen LogP contribution in [-0.2, 0) is 14.3 Å². The molecule has 1 rings (SSSR count). The number of phenolic OH excluding ortho intramolecular Hbond substituents is 1. The van der Waals surface area contributed by atoms with Gasteiger partial charge in [0.25, 0.3) is 0 Å². The third-order valence-corrected chi connectivity index (χ3v) is 2.16. The Hall–Kier alpha value is -2.34. The number of hydrogen-bond donors (Lipinski definition) is 2. The van der Waals surface area contributed by atoms with Crippen molar-refractivity contribution in [2.24, 2.45) is 0 Å². The molecule has 0 aliphatic rings. The van der Waals surface area contributed by atoms with Gasteiger partial charge in [0.2, 0.25) is 0 Å². The Labute approximate surface area is 109 Å². The Bertz CT molecular complexity index is 504. The Morgan fingerprint density at radius 3 is 2.63 bits per heavy atom. The number of carbonyl (C=O) groups is 2. The second kappa shape index (κ2) is 6.55. The minimum Gasteiger partial charge on any atom is -0.504 e. The molecule has 0 saturated carbocycles. The van der Waals surface area contributed by atoms with Gasteiger partial charge in [0.05, 0.1) is 7.11 Å². The fraction of sp³-hybridized carbons (Fsp3) is 0.231. The largest absolute Gasteiger partial charge is 0.504 e. The fourth-order valence-electron chi connectivity index (χ4n) is 1.18. The van der Waals surface area contributed by atoms with Crippen LogP contribution in [0.1, 0.15) is 12.5 Å². The van der Waals surface area contributed by atoms with E-state index < -0.39 is 18.0 Å². The van der Waals surface area contributed by atoms with Crippen molar-refractivity contribution in [1.29, 1.82) is 0 Å². The van der Waals surface area contributed by atoms with Crippen molar-refractivity contribution in [3.8, 4) is 11.5 Å². The molecule has 0 aromatic heterocycles. The summed E-state index contributed by atoms with van der Waals surface area (Å²) < 4.78 is 9.22. The molecule has 0 spiro atoms. The second-order valence-corrected chi connectivity index (χ2v) is 3.68. The molecular weight excluding hydrogens is 252 g/mol. The highest BCUT2D eigenvalue weighted by Gasteiger charge is 2.13. The van der Waals surface area contributed by atoms with Gasteiger partial charge in [0.15, 0.2) is 11.5 Å². The molecule has 0 saturated heterocycles. The summed E-state index contributed by atoms with van der Waals surface area (Å²) in [6, 6.07) is 4.47. The Balaban J connectivity index is 2.71. The lowest BCUT2D eigenvalue weighted by Gasteiger charge is -2.04. The molecule has 102 valence electrons. The molecule has 19 heavy (non-hydrogen) atoms. The molecule has 1 unspecified atom stereocenters. The van der Waals surface area contributed by atoms with Gasteiger partial charge < -0.3 is 19.7 Å². The minimum absolute atomic E-state index is 0.0218. The van der Waals surface area contributed by atoms with Crippen LogP contribution in [0, 0.1) is 0 Å². The van der Waals surface area contributed by atoms with E-state index in [4.69, 9.17) is 9.84 Å². The lowest BCUT2D eigenvalue weighted by molar-refractivity contribution is -0.162. The van der Waals surface area contributed by atoms with Crippen molar-refractivity contribution in [1.82, 2.24) is 0 Å². The SMILES string of the molecule is COc1cc(C=CC(=O)OC(=O)C(C)O)ccc1O. The average Bonchev–Trinajstić information content (AvgIpc) is 2.37. The second-order valence-electron chi connectivity index (χ2n) is 3.68. The third-order valence-electron chi connectivity index (χ3n) is 2.16. The first-order valence-corrected chi connectivity index (χ1v) is 5.43. The number of methoxy groups -OCH3 is 1. The third kappa shape index (κ3) is 4.44. The molecule has 2 N–H and O–H groups in total. The lowest BCUT2D eigenvalue weighted by atomic mass is 10.2. The van der Waals surface area contributed by atoms with E-state index in [-0.39, 0.29) is 11.5 Å². The van der Waals surface area contributed by atoms with Crippen molar-refractivity contribution in [3.63, 3.8) is 0 Å². The fourth-order valence-corrected chi connectivity index (χ4v) is 1.18. The Kier molecular flexibility index (Phi) is 5.08. The predicted molar refractivity (Wildman–Crippen MR) is 66.5 cm³/mol. The number of phenols is 1. The maximum Gasteiger partial charge on any atom is 0.342 e. The summed E-state index contributed by atoms with van der Waals surface area (Å²) >= 11 is 0. The van der Waals surface area contributed by atoms with Gasteiger partial charge in [-0.25, -0.2) is 9.59 Å². The zero-order valence-electron chi connectivity index (χ0n) is 10.5. The number of benzene rings is 1. The van der Waals surface area contributed by atoms with Crippen LogP contribution in [0.15, 0.2) is 24.3 Å². The molecule has 0 bridgehead atoms. The summed E-state index contributed by atoms with van der Waals surface area (Å²) in [6.45, 7) is 1.20. The smallest absolute Gasteiger partial charge is 0.342 e. The van der Waals surface area contributed by atoms with Gasteiger partial charge in [-0.1, -0.05) is 6.07 Å². The zero-order chi connectivity index (χ0) is 14.4. The lowest BCUT2D eigenvalue weighted by Crippen LogP contribution is -2.21. The van der Waals surface area contributed by atoms with E-state index in [0.717, 1.165) is 6.08 Å². The number of esters is 2. The van der Waals surface area contributed by atoms with E-state index in [0.29, 0.717) is 5.56 Å². The Morgan fingerprint density at radius 2 is 2.05 bits per heavy atom. The van der Waals surface area contributed by atoms with Crippen molar-refractivity contribution >= 4 is 18.0 Å². The van der Waals surface area contributed by atoms with E-state index in [1.807, 2.05) is 0 Å². The highest BCUT2D eigenvalue weighted by atomic mass is 16.6. The molecular formula is C13H14O6. The standard InChI is InChI=1S/C13H14O6/c1-8(14)13(17)19-12(16)6-4-9-3-5-10(15)11(7-9)18-2/h3-8,14-15H,1-2H3. The monoisotopic (exact) mass is 266 g/mol. The van der Waals surface area contributed by atoms with Gasteiger partial charge in [-0.15, -0.1) is 0 Å². The molecule has 1 aromatic rings. The maximum atomic E-state index is 11.2. The number of aromatic hydroxyl groups is 1. The number of rotatable bonds is 4. The number of hydrogen-bond acceptors (Lipinski definition) is 6. The van der Waals surface area contributed by atoms with Crippen LogP contribution in [0.4, 0.5) is 0 Å². The van der Waals surface area contributed by atoms with Crippen LogP contribution < -0.4 is 4.74 Å². The van der Waals surface area contributed by atoms with Crippen molar-refractivity contribution < 1.29 is 29.3 Å². The van der Waals surface area contributed by atoms with Gasteiger partial charge in [-0.2, -0.15) is 0 Å². The average molecular weight is 266 g/mol. The Morgan fingerprint density at radius 1 is 1.37 bits per heavy atom. The summed E-state index contributed by atoms with van der Waals surface area (Å²) in [5, 5.41) is 18.2. The molecule has 0 fully saturated rings. The quantitative estimate of drug-likeness (QED) is 0.477. The van der Waals surface area contributed by atoms with Crippen LogP contribution in [-0.4, -0.2) is 35.4 Å². The van der Waals surface area contributed by atoms with E-state index in [1.54, 1.807) is 6.07 Å². The number of carbonyl (C=O) groups excluding carboxylic acids is 2. The van der Waals surface area contributed by atoms with Crippen LogP contribution in [0.25, 0.3) is 6.08 Å². The number of aliphatic hydroxyl groups excluding tert-OH is 1. The first kappa shape index (κ1) is 14.7. The highest BCUT2D eigenvalue weighted by Crippen LogP contribution is 2.26. The summed E-state index contributed by atoms with van der Waals surface area (Å²) in [6.07, 6.45) is 1.07. The highest BCUT2D eigenvalue weighted by molar-refractivity contribution is 5.95. The van der Waals surface area contributed by atoms with Crippen LogP contribution in [0.3, 0.4) is 0 Å². The van der Waals surface area contributed by atoms with Crippen molar-refractivity contribution in [3.05, 3.63) is 29.8 Å². The molecule has 1 atom stereocenters. The number of aliphatic hydroxyl groups is 1. The molecule has 0 aliphatic carbocycles. The van der Waals surface area contributed by atoms with E-state index >= 15 is 0 Å². The molecule has 0 aliphatic heterocycles. The zero-order valence-corrected chi connectivity index (χ0v) is 10.5. The van der Waals surface area contributed by atoms with E-state index in [1.165, 1.54) is 32.2 Å². The van der Waals surface area contributed by atoms with Gasteiger partial charge in [-0.3, -0.25) is 0 Å². The summed E-state index contributed by atoms with van der Waals surface area (Å²) in [4.78, 5) is 22.2. The molecule has 0 radical (unpaired) electrons. The molecule has 0 heterocycles. The van der Waals surface area contributed by atoms with Crippen molar-refractivity contribution in [2.45, 2.75) is 13.0 Å². The molecule has 6 heteroatoms. The maximum absolute atomic E-state index is 11.2. The summed E-state index contributed by atoms with van der Waals surface area (Å²) in [7, 11) is 1.40.